The lowest BCUT2D eigenvalue weighted by Gasteiger charge is -2.45. The number of allylic oxidation sites excluding steroid dienone is 5. The van der Waals surface area contributed by atoms with Crippen LogP contribution in [0.15, 0.2) is 47.6 Å². The summed E-state index contributed by atoms with van der Waals surface area (Å²) in [4.78, 5) is 24.4. The van der Waals surface area contributed by atoms with E-state index < -0.39 is 28.0 Å². The van der Waals surface area contributed by atoms with Crippen LogP contribution in [0.5, 0.6) is 0 Å². The van der Waals surface area contributed by atoms with E-state index in [1.54, 1.807) is 11.6 Å². The maximum absolute atomic E-state index is 12.8. The fourth-order valence-corrected chi connectivity index (χ4v) is 10.8. The van der Waals surface area contributed by atoms with Gasteiger partial charge >= 0.3 is 5.97 Å². The van der Waals surface area contributed by atoms with Crippen molar-refractivity contribution >= 4 is 28.4 Å². The smallest absolute Gasteiger partial charge is 0.317 e. The Morgan fingerprint density at radius 1 is 0.957 bits per heavy atom. The number of aliphatic carboxylic acids is 1. The number of carbonyl (C=O) groups is 2. The summed E-state index contributed by atoms with van der Waals surface area (Å²) >= 11 is 0. The average molecular weight is 683 g/mol. The summed E-state index contributed by atoms with van der Waals surface area (Å²) in [6, 6.07) is 0. The normalized spacial score (nSPS) is 32.6. The lowest BCUT2D eigenvalue weighted by Crippen LogP contribution is -2.49. The Kier molecular flexibility index (Phi) is 10.8. The largest absolute Gasteiger partial charge is 0.480 e. The molecule has 0 aliphatic heterocycles. The SMILES string of the molecule is C=C1C(=CC=C2CCC[C@]3(C)[C@@H]([C@H](C)C=CC(=O)C4(C(=O)O)CC4)CC[C@@H]23)C[C@@H](O[Si](C)(C)C(C)(C)C)C[C@@H]1O[Si](C)(C)C(C)(C)C. The van der Waals surface area contributed by atoms with Crippen molar-refractivity contribution in [2.45, 2.75) is 162 Å². The average Bonchev–Trinajstić information content (AvgIpc) is 3.67. The van der Waals surface area contributed by atoms with Gasteiger partial charge in [-0.2, -0.15) is 0 Å². The molecule has 0 saturated heterocycles. The molecule has 4 aliphatic carbocycles. The molecule has 4 saturated carbocycles. The van der Waals surface area contributed by atoms with Crippen LogP contribution < -0.4 is 0 Å². The van der Waals surface area contributed by atoms with E-state index in [1.165, 1.54) is 18.4 Å². The zero-order chi connectivity index (χ0) is 35.4. The molecule has 264 valence electrons. The first-order valence-corrected chi connectivity index (χ1v) is 24.2. The lowest BCUT2D eigenvalue weighted by molar-refractivity contribution is -0.146. The predicted octanol–water partition coefficient (Wildman–Crippen LogP) is 10.8. The monoisotopic (exact) mass is 682 g/mol. The van der Waals surface area contributed by atoms with Crippen LogP contribution in [-0.4, -0.2) is 45.7 Å². The van der Waals surface area contributed by atoms with Crippen molar-refractivity contribution in [3.8, 4) is 0 Å². The molecule has 5 nitrogen and oxygen atoms in total. The molecule has 0 spiro atoms. The highest BCUT2D eigenvalue weighted by Gasteiger charge is 2.56. The van der Waals surface area contributed by atoms with Gasteiger partial charge in [0.25, 0.3) is 0 Å². The molecule has 47 heavy (non-hydrogen) atoms. The van der Waals surface area contributed by atoms with E-state index in [9.17, 15) is 14.7 Å². The van der Waals surface area contributed by atoms with Gasteiger partial charge < -0.3 is 14.0 Å². The lowest BCUT2D eigenvalue weighted by atomic mass is 9.61. The van der Waals surface area contributed by atoms with Gasteiger partial charge in [0.15, 0.2) is 22.4 Å². The van der Waals surface area contributed by atoms with Gasteiger partial charge in [0.05, 0.1) is 12.2 Å². The van der Waals surface area contributed by atoms with Crippen LogP contribution in [0.3, 0.4) is 0 Å². The van der Waals surface area contributed by atoms with Crippen molar-refractivity contribution in [2.75, 3.05) is 0 Å². The van der Waals surface area contributed by atoms with Gasteiger partial charge in [0, 0.05) is 6.42 Å². The van der Waals surface area contributed by atoms with Crippen molar-refractivity contribution in [3.63, 3.8) is 0 Å². The third-order valence-electron chi connectivity index (χ3n) is 13.6. The summed E-state index contributed by atoms with van der Waals surface area (Å²) in [6.07, 6.45) is 17.0. The molecule has 0 aromatic carbocycles. The summed E-state index contributed by atoms with van der Waals surface area (Å²) in [7, 11) is -3.99. The van der Waals surface area contributed by atoms with Crippen LogP contribution in [-0.2, 0) is 18.4 Å². The van der Waals surface area contributed by atoms with Crippen molar-refractivity contribution in [3.05, 3.63) is 47.6 Å². The Labute approximate surface area is 289 Å². The molecule has 0 aromatic heterocycles. The highest BCUT2D eigenvalue weighted by Crippen LogP contribution is 2.60. The number of ketones is 1. The second kappa shape index (κ2) is 13.3. The minimum absolute atomic E-state index is 0.0252. The molecule has 4 fully saturated rings. The second-order valence-electron chi connectivity index (χ2n) is 18.8. The van der Waals surface area contributed by atoms with Gasteiger partial charge in [0.1, 0.15) is 5.41 Å². The van der Waals surface area contributed by atoms with Crippen molar-refractivity contribution in [2.24, 2.45) is 28.6 Å². The van der Waals surface area contributed by atoms with Gasteiger partial charge in [-0.1, -0.05) is 85.8 Å². The third-order valence-corrected chi connectivity index (χ3v) is 22.6. The van der Waals surface area contributed by atoms with E-state index in [-0.39, 0.29) is 39.4 Å². The van der Waals surface area contributed by atoms with Crippen LogP contribution in [0.1, 0.15) is 113 Å². The van der Waals surface area contributed by atoms with E-state index in [2.05, 4.69) is 100 Å². The minimum Gasteiger partial charge on any atom is -0.480 e. The first-order valence-electron chi connectivity index (χ1n) is 18.4. The van der Waals surface area contributed by atoms with Gasteiger partial charge in [-0.3, -0.25) is 9.59 Å². The first-order chi connectivity index (χ1) is 21.4. The predicted molar refractivity (Wildman–Crippen MR) is 199 cm³/mol. The summed E-state index contributed by atoms with van der Waals surface area (Å²) < 4.78 is 14.1. The molecular formula is C40H66O5Si2. The zero-order valence-electron chi connectivity index (χ0n) is 31.8. The number of carbonyl (C=O) groups excluding carboxylic acids is 1. The number of carboxylic acid groups (broad SMARTS) is 1. The highest BCUT2D eigenvalue weighted by molar-refractivity contribution is 6.74. The molecular weight excluding hydrogens is 617 g/mol. The number of carboxylic acids is 1. The number of rotatable bonds is 10. The fraction of sp³-hybridized carbons (Fsp3) is 0.750. The van der Waals surface area contributed by atoms with Crippen LogP contribution in [0, 0.1) is 28.6 Å². The topological polar surface area (TPSA) is 72.8 Å². The highest BCUT2D eigenvalue weighted by atomic mass is 28.4. The standard InChI is InChI=1S/C40H66O5Si2/c1-27(16-21-35(41)40(23-24-40)36(42)43)32-19-20-33-29(15-14-22-39(32,33)9)17-18-30-25-31(44-46(10,11)37(3,4)5)26-34(28(30)2)45-47(12,13)38(6,7)8/h16-18,21,27,31-34H,2,14-15,19-20,22-26H2,1,3-13H3,(H,42,43)/t27-,31-,32-,33+,34+,39-/m1/s1. The summed E-state index contributed by atoms with van der Waals surface area (Å²) in [5.74, 6) is 0.0269. The van der Waals surface area contributed by atoms with E-state index in [0.29, 0.717) is 24.7 Å². The summed E-state index contributed by atoms with van der Waals surface area (Å²) in [5, 5.41) is 9.81. The Balaban J connectivity index is 1.57. The van der Waals surface area contributed by atoms with Gasteiger partial charge in [0.2, 0.25) is 0 Å². The number of hydrogen-bond acceptors (Lipinski definition) is 4. The molecule has 4 aliphatic rings. The Hall–Kier alpha value is -1.55. The van der Waals surface area contributed by atoms with E-state index in [1.807, 2.05) is 6.08 Å². The molecule has 0 heterocycles. The third kappa shape index (κ3) is 7.78. The molecule has 4 rings (SSSR count). The van der Waals surface area contributed by atoms with Crippen molar-refractivity contribution in [1.82, 2.24) is 0 Å². The Morgan fingerprint density at radius 2 is 1.55 bits per heavy atom. The van der Waals surface area contributed by atoms with Gasteiger partial charge in [-0.15, -0.1) is 0 Å². The molecule has 0 bridgehead atoms. The number of hydrogen-bond donors (Lipinski definition) is 1. The first kappa shape index (κ1) is 38.3. The van der Waals surface area contributed by atoms with E-state index in [0.717, 1.165) is 37.7 Å². The van der Waals surface area contributed by atoms with Crippen LogP contribution in [0.4, 0.5) is 0 Å². The van der Waals surface area contributed by atoms with Crippen molar-refractivity contribution in [1.29, 1.82) is 0 Å². The second-order valence-corrected chi connectivity index (χ2v) is 28.3. The molecule has 0 amide bonds. The maximum atomic E-state index is 12.8. The van der Waals surface area contributed by atoms with E-state index in [4.69, 9.17) is 8.85 Å². The zero-order valence-corrected chi connectivity index (χ0v) is 33.8. The maximum Gasteiger partial charge on any atom is 0.317 e. The van der Waals surface area contributed by atoms with E-state index >= 15 is 0 Å². The van der Waals surface area contributed by atoms with Gasteiger partial charge in [-0.25, -0.2) is 0 Å². The quantitative estimate of drug-likeness (QED) is 0.141. The molecule has 1 N–H and O–H groups in total. The molecule has 0 radical (unpaired) electrons. The van der Waals surface area contributed by atoms with Gasteiger partial charge in [-0.05, 0) is 128 Å². The van der Waals surface area contributed by atoms with Crippen molar-refractivity contribution < 1.29 is 23.5 Å². The molecule has 0 aromatic rings. The number of fused-ring (bicyclic) bond motifs is 1. The molecule has 7 heteroatoms. The fourth-order valence-electron chi connectivity index (χ4n) is 8.13. The minimum atomic E-state index is -2.02. The Morgan fingerprint density at radius 3 is 2.11 bits per heavy atom. The Bertz CT molecular complexity index is 1320. The van der Waals surface area contributed by atoms with Crippen LogP contribution >= 0.6 is 0 Å². The summed E-state index contributed by atoms with van der Waals surface area (Å²) in [5.41, 5.74) is 2.97. The summed E-state index contributed by atoms with van der Waals surface area (Å²) in [6.45, 7) is 32.6. The van der Waals surface area contributed by atoms with Crippen LogP contribution in [0.25, 0.3) is 0 Å². The molecule has 6 atom stereocenters. The van der Waals surface area contributed by atoms with Crippen LogP contribution in [0.2, 0.25) is 36.3 Å². The molecule has 0 unspecified atom stereocenters.